The molecule has 2 saturated heterocycles. The van der Waals surface area contributed by atoms with Crippen molar-refractivity contribution in [1.82, 2.24) is 4.90 Å². The van der Waals surface area contributed by atoms with Crippen molar-refractivity contribution in [2.24, 2.45) is 11.8 Å². The van der Waals surface area contributed by atoms with Gasteiger partial charge in [-0.1, -0.05) is 6.92 Å². The van der Waals surface area contributed by atoms with E-state index in [-0.39, 0.29) is 5.92 Å². The summed E-state index contributed by atoms with van der Waals surface area (Å²) in [6, 6.07) is 6.22. The van der Waals surface area contributed by atoms with E-state index in [2.05, 4.69) is 24.0 Å². The molecule has 3 rings (SSSR count). The Balaban J connectivity index is 1.50. The van der Waals surface area contributed by atoms with Crippen molar-refractivity contribution < 1.29 is 19.2 Å². The molecule has 0 radical (unpaired) electrons. The van der Waals surface area contributed by atoms with Crippen LogP contribution in [-0.2, 0) is 11.3 Å². The van der Waals surface area contributed by atoms with Crippen molar-refractivity contribution in [2.75, 3.05) is 39.9 Å². The van der Waals surface area contributed by atoms with E-state index in [1.807, 2.05) is 13.0 Å². The van der Waals surface area contributed by atoms with Gasteiger partial charge in [-0.3, -0.25) is 4.79 Å². The van der Waals surface area contributed by atoms with Gasteiger partial charge in [-0.05, 0) is 43.9 Å². The number of hydrogen-bond donors (Lipinski definition) is 1. The van der Waals surface area contributed by atoms with Crippen molar-refractivity contribution in [2.45, 2.75) is 46.1 Å². The number of nitrogens with one attached hydrogen (secondary N) is 1. The quantitative estimate of drug-likeness (QED) is 0.829. The maximum Gasteiger partial charge on any atom is 0.226 e. The number of amides is 1. The molecule has 0 atom stereocenters. The van der Waals surface area contributed by atoms with Crippen LogP contribution in [0.3, 0.4) is 0 Å². The predicted octanol–water partition coefficient (Wildman–Crippen LogP) is 2.15. The molecule has 2 aliphatic heterocycles. The fraction of sp³-hybridized carbons (Fsp3) is 0.682. The lowest BCUT2D eigenvalue weighted by molar-refractivity contribution is -0.919. The maximum absolute atomic E-state index is 12.8. The average Bonchev–Trinajstić information content (AvgIpc) is 2.70. The third-order valence-electron chi connectivity index (χ3n) is 6.12. The number of quaternary nitrogens is 1. The second-order valence-corrected chi connectivity index (χ2v) is 8.13. The van der Waals surface area contributed by atoms with Gasteiger partial charge in [0, 0.05) is 37.4 Å². The molecule has 27 heavy (non-hydrogen) atoms. The zero-order chi connectivity index (χ0) is 19.2. The van der Waals surface area contributed by atoms with E-state index in [4.69, 9.17) is 9.47 Å². The average molecular weight is 376 g/mol. The lowest BCUT2D eigenvalue weighted by atomic mass is 9.92. The molecule has 2 heterocycles. The standard InChI is InChI=1S/C22H34N2O3/c1-4-27-20-6-5-18(15-21(20)26-3)16-23-11-9-19(10-12-23)22(25)24-13-7-17(2)8-14-24/h5-6,15,17,19H,4,7-14,16H2,1-3H3/p+1. The molecule has 2 aliphatic rings. The van der Waals surface area contributed by atoms with Crippen LogP contribution in [0.25, 0.3) is 0 Å². The molecule has 5 heteroatoms. The molecule has 0 unspecified atom stereocenters. The minimum absolute atomic E-state index is 0.233. The number of ether oxygens (including phenoxy) is 2. The second kappa shape index (κ2) is 9.45. The number of nitrogens with zero attached hydrogens (tertiary/aromatic N) is 1. The van der Waals surface area contributed by atoms with Crippen molar-refractivity contribution in [3.63, 3.8) is 0 Å². The third kappa shape index (κ3) is 5.16. The van der Waals surface area contributed by atoms with Gasteiger partial charge in [0.15, 0.2) is 11.5 Å². The van der Waals surface area contributed by atoms with Crippen molar-refractivity contribution in [1.29, 1.82) is 0 Å². The number of likely N-dealkylation sites (tertiary alicyclic amines) is 2. The van der Waals surface area contributed by atoms with Crippen LogP contribution in [0.5, 0.6) is 11.5 Å². The molecule has 0 bridgehead atoms. The molecule has 1 aromatic rings. The van der Waals surface area contributed by atoms with Crippen LogP contribution in [0.2, 0.25) is 0 Å². The first-order valence-corrected chi connectivity index (χ1v) is 10.5. The van der Waals surface area contributed by atoms with Gasteiger partial charge < -0.3 is 19.3 Å². The van der Waals surface area contributed by atoms with Gasteiger partial charge in [0.2, 0.25) is 5.91 Å². The van der Waals surface area contributed by atoms with Crippen molar-refractivity contribution >= 4 is 5.91 Å². The van der Waals surface area contributed by atoms with Gasteiger partial charge in [0.1, 0.15) is 6.54 Å². The van der Waals surface area contributed by atoms with Crippen LogP contribution in [0.4, 0.5) is 0 Å². The first-order chi connectivity index (χ1) is 13.1. The highest BCUT2D eigenvalue weighted by Crippen LogP contribution is 2.28. The zero-order valence-corrected chi connectivity index (χ0v) is 17.1. The van der Waals surface area contributed by atoms with Gasteiger partial charge in [-0.25, -0.2) is 0 Å². The number of rotatable bonds is 6. The molecule has 1 N–H and O–H groups in total. The number of carbonyl (C=O) groups excluding carboxylic acids is 1. The molecular formula is C22H35N2O3+. The minimum Gasteiger partial charge on any atom is -0.493 e. The molecule has 0 spiro atoms. The van der Waals surface area contributed by atoms with Crippen LogP contribution in [0.1, 0.15) is 45.1 Å². The molecule has 150 valence electrons. The minimum atomic E-state index is 0.233. The van der Waals surface area contributed by atoms with Crippen LogP contribution in [-0.4, -0.2) is 50.7 Å². The Kier molecular flexibility index (Phi) is 7.00. The van der Waals surface area contributed by atoms with Crippen molar-refractivity contribution in [3.05, 3.63) is 23.8 Å². The van der Waals surface area contributed by atoms with E-state index in [0.29, 0.717) is 12.5 Å². The summed E-state index contributed by atoms with van der Waals surface area (Å²) < 4.78 is 11.1. The molecule has 0 aliphatic carbocycles. The van der Waals surface area contributed by atoms with Crippen molar-refractivity contribution in [3.8, 4) is 11.5 Å². The summed E-state index contributed by atoms with van der Waals surface area (Å²) in [5, 5.41) is 0. The van der Waals surface area contributed by atoms with Crippen LogP contribution >= 0.6 is 0 Å². The first-order valence-electron chi connectivity index (χ1n) is 10.5. The van der Waals surface area contributed by atoms with Gasteiger partial charge in [-0.15, -0.1) is 0 Å². The van der Waals surface area contributed by atoms with Crippen LogP contribution in [0.15, 0.2) is 18.2 Å². The topological polar surface area (TPSA) is 43.2 Å². The summed E-state index contributed by atoms with van der Waals surface area (Å²) in [4.78, 5) is 16.5. The first kappa shape index (κ1) is 20.0. The van der Waals surface area contributed by atoms with E-state index < -0.39 is 0 Å². The molecule has 1 aromatic carbocycles. The monoisotopic (exact) mass is 375 g/mol. The summed E-state index contributed by atoms with van der Waals surface area (Å²) in [5.41, 5.74) is 1.26. The number of hydrogen-bond acceptors (Lipinski definition) is 3. The van der Waals surface area contributed by atoms with E-state index in [0.717, 1.165) is 75.8 Å². The Morgan fingerprint density at radius 3 is 2.48 bits per heavy atom. The Morgan fingerprint density at radius 2 is 1.85 bits per heavy atom. The zero-order valence-electron chi connectivity index (χ0n) is 17.1. The Morgan fingerprint density at radius 1 is 1.15 bits per heavy atom. The van der Waals surface area contributed by atoms with E-state index in [1.54, 1.807) is 12.0 Å². The number of piperidine rings is 2. The Bertz CT molecular complexity index is 618. The van der Waals surface area contributed by atoms with E-state index in [9.17, 15) is 4.79 Å². The SMILES string of the molecule is CCOc1ccc(C[NH+]2CCC(C(=O)N3CCC(C)CC3)CC2)cc1OC. The third-order valence-corrected chi connectivity index (χ3v) is 6.12. The Hall–Kier alpha value is -1.75. The molecular weight excluding hydrogens is 340 g/mol. The molecule has 0 saturated carbocycles. The van der Waals surface area contributed by atoms with Gasteiger partial charge in [-0.2, -0.15) is 0 Å². The summed E-state index contributed by atoms with van der Waals surface area (Å²) in [6.07, 6.45) is 4.34. The number of benzene rings is 1. The normalized spacial score (nSPS) is 23.9. The number of methoxy groups -OCH3 is 1. The van der Waals surface area contributed by atoms with E-state index >= 15 is 0 Å². The van der Waals surface area contributed by atoms with Gasteiger partial charge in [0.05, 0.1) is 26.8 Å². The smallest absolute Gasteiger partial charge is 0.226 e. The number of carbonyl (C=O) groups is 1. The molecule has 2 fully saturated rings. The predicted molar refractivity (Wildman–Crippen MR) is 106 cm³/mol. The Labute approximate surface area is 163 Å². The van der Waals surface area contributed by atoms with Gasteiger partial charge >= 0.3 is 0 Å². The lowest BCUT2D eigenvalue weighted by Gasteiger charge is -2.35. The van der Waals surface area contributed by atoms with Crippen LogP contribution in [0, 0.1) is 11.8 Å². The summed E-state index contributed by atoms with van der Waals surface area (Å²) in [7, 11) is 1.69. The molecule has 5 nitrogen and oxygen atoms in total. The van der Waals surface area contributed by atoms with E-state index in [1.165, 1.54) is 5.56 Å². The fourth-order valence-electron chi connectivity index (χ4n) is 4.32. The highest BCUT2D eigenvalue weighted by molar-refractivity contribution is 5.79. The fourth-order valence-corrected chi connectivity index (χ4v) is 4.32. The maximum atomic E-state index is 12.8. The van der Waals surface area contributed by atoms with Crippen LogP contribution < -0.4 is 14.4 Å². The lowest BCUT2D eigenvalue weighted by Crippen LogP contribution is -3.11. The van der Waals surface area contributed by atoms with Gasteiger partial charge in [0.25, 0.3) is 0 Å². The molecule has 0 aromatic heterocycles. The summed E-state index contributed by atoms with van der Waals surface area (Å²) in [5.74, 6) is 3.02. The summed E-state index contributed by atoms with van der Waals surface area (Å²) in [6.45, 7) is 9.93. The largest absolute Gasteiger partial charge is 0.493 e. The summed E-state index contributed by atoms with van der Waals surface area (Å²) >= 11 is 0. The highest BCUT2D eigenvalue weighted by Gasteiger charge is 2.31. The highest BCUT2D eigenvalue weighted by atomic mass is 16.5. The second-order valence-electron chi connectivity index (χ2n) is 8.13. The molecule has 1 amide bonds.